The Bertz CT molecular complexity index is 593. The van der Waals surface area contributed by atoms with E-state index in [1.807, 2.05) is 0 Å². The smallest absolute Gasteiger partial charge is 0.330 e. The summed E-state index contributed by atoms with van der Waals surface area (Å²) in [6.07, 6.45) is 0.812. The van der Waals surface area contributed by atoms with Gasteiger partial charge in [0.25, 0.3) is 5.56 Å². The topological polar surface area (TPSA) is 64.1 Å². The largest absolute Gasteiger partial charge is 0.349 e. The Labute approximate surface area is 107 Å². The van der Waals surface area contributed by atoms with Gasteiger partial charge in [0.15, 0.2) is 0 Å². The zero-order valence-electron chi connectivity index (χ0n) is 10.3. The van der Waals surface area contributed by atoms with E-state index in [4.69, 9.17) is 4.74 Å². The van der Waals surface area contributed by atoms with Gasteiger partial charge in [-0.1, -0.05) is 12.2 Å². The number of hydrogen-bond donors (Lipinski definition) is 1. The molecule has 1 aliphatic heterocycles. The molecule has 1 aliphatic rings. The van der Waals surface area contributed by atoms with Crippen LogP contribution in [0, 0.1) is 0 Å². The third-order valence-corrected chi connectivity index (χ3v) is 2.97. The van der Waals surface area contributed by atoms with Crippen LogP contribution in [-0.2, 0) is 4.74 Å². The highest BCUT2D eigenvalue weighted by Gasteiger charge is 2.36. The maximum absolute atomic E-state index is 13.4. The van der Waals surface area contributed by atoms with Crippen LogP contribution >= 0.6 is 0 Å². The van der Waals surface area contributed by atoms with Crippen LogP contribution in [0.5, 0.6) is 0 Å². The highest BCUT2D eigenvalue weighted by Crippen LogP contribution is 2.30. The molecule has 0 bridgehead atoms. The zero-order chi connectivity index (χ0) is 14.0. The highest BCUT2D eigenvalue weighted by atomic mass is 19.1. The second-order valence-electron chi connectivity index (χ2n) is 4.29. The number of H-pyrrole nitrogens is 1. The Morgan fingerprint density at radius 1 is 1.58 bits per heavy atom. The zero-order valence-corrected chi connectivity index (χ0v) is 10.3. The number of nitrogens with zero attached hydrogens (tertiary/aromatic N) is 1. The third kappa shape index (κ3) is 2.65. The summed E-state index contributed by atoms with van der Waals surface area (Å²) in [4.78, 5) is 25.3. The minimum Gasteiger partial charge on any atom is -0.349 e. The Morgan fingerprint density at radius 3 is 2.89 bits per heavy atom. The van der Waals surface area contributed by atoms with Crippen molar-refractivity contribution in [1.29, 1.82) is 0 Å². The molecule has 1 N–H and O–H groups in total. The first kappa shape index (κ1) is 13.7. The second kappa shape index (κ2) is 5.48. The highest BCUT2D eigenvalue weighted by molar-refractivity contribution is 5.45. The van der Waals surface area contributed by atoms with Crippen LogP contribution in [0.3, 0.4) is 0 Å². The summed E-state index contributed by atoms with van der Waals surface area (Å²) in [7, 11) is 0. The fourth-order valence-corrected chi connectivity index (χ4v) is 2.01. The number of nitrogens with one attached hydrogen (secondary N) is 1. The summed E-state index contributed by atoms with van der Waals surface area (Å²) < 4.78 is 32.1. The molecule has 0 spiro atoms. The van der Waals surface area contributed by atoms with Gasteiger partial charge in [-0.3, -0.25) is 14.3 Å². The first-order valence-electron chi connectivity index (χ1n) is 5.90. The van der Waals surface area contributed by atoms with Crippen molar-refractivity contribution in [1.82, 2.24) is 9.55 Å². The molecule has 1 aromatic rings. The van der Waals surface area contributed by atoms with Crippen LogP contribution in [0.15, 0.2) is 21.9 Å². The van der Waals surface area contributed by atoms with Gasteiger partial charge in [-0.2, -0.15) is 0 Å². The number of aromatic nitrogens is 2. The average molecular weight is 272 g/mol. The van der Waals surface area contributed by atoms with Crippen molar-refractivity contribution >= 4 is 6.08 Å². The SMILES string of the molecule is C/C=C/c1cn(C2CC(F)C(CF)O2)c(=O)[nH]c1=O. The second-order valence-corrected chi connectivity index (χ2v) is 4.29. The van der Waals surface area contributed by atoms with Gasteiger partial charge in [-0.15, -0.1) is 0 Å². The van der Waals surface area contributed by atoms with Gasteiger partial charge in [0.2, 0.25) is 0 Å². The molecule has 0 amide bonds. The molecule has 1 saturated heterocycles. The molecule has 5 nitrogen and oxygen atoms in total. The lowest BCUT2D eigenvalue weighted by atomic mass is 10.2. The van der Waals surface area contributed by atoms with Crippen molar-refractivity contribution in [2.75, 3.05) is 6.67 Å². The molecular formula is C12H14F2N2O3. The molecule has 0 aliphatic carbocycles. The van der Waals surface area contributed by atoms with Crippen molar-refractivity contribution in [2.45, 2.75) is 31.8 Å². The number of allylic oxidation sites excluding steroid dienone is 1. The Hall–Kier alpha value is -1.76. The van der Waals surface area contributed by atoms with Gasteiger partial charge in [-0.25, -0.2) is 13.6 Å². The van der Waals surface area contributed by atoms with E-state index in [1.165, 1.54) is 12.3 Å². The van der Waals surface area contributed by atoms with E-state index in [2.05, 4.69) is 4.98 Å². The summed E-state index contributed by atoms with van der Waals surface area (Å²) in [6, 6.07) is 0. The molecule has 2 heterocycles. The fraction of sp³-hybridized carbons (Fsp3) is 0.500. The molecule has 1 fully saturated rings. The standard InChI is InChI=1S/C12H14F2N2O3/c1-2-3-7-6-16(12(18)15-11(7)17)10-4-8(14)9(5-13)19-10/h2-3,6,8-10H,4-5H2,1H3,(H,15,17,18)/b3-2+. The summed E-state index contributed by atoms with van der Waals surface area (Å²) >= 11 is 0. The molecule has 7 heteroatoms. The molecule has 3 atom stereocenters. The van der Waals surface area contributed by atoms with E-state index >= 15 is 0 Å². The van der Waals surface area contributed by atoms with Crippen molar-refractivity contribution in [2.24, 2.45) is 0 Å². The lowest BCUT2D eigenvalue weighted by Gasteiger charge is -2.14. The number of ether oxygens (including phenoxy) is 1. The average Bonchev–Trinajstić information content (AvgIpc) is 2.74. The lowest BCUT2D eigenvalue weighted by molar-refractivity contribution is -0.0209. The van der Waals surface area contributed by atoms with Gasteiger partial charge >= 0.3 is 5.69 Å². The summed E-state index contributed by atoms with van der Waals surface area (Å²) in [5.41, 5.74) is -0.976. The van der Waals surface area contributed by atoms with Crippen LogP contribution in [0.4, 0.5) is 8.78 Å². The fourth-order valence-electron chi connectivity index (χ4n) is 2.01. The quantitative estimate of drug-likeness (QED) is 0.898. The third-order valence-electron chi connectivity index (χ3n) is 2.97. The number of halogens is 2. The summed E-state index contributed by atoms with van der Waals surface area (Å²) in [6.45, 7) is 0.773. The minimum absolute atomic E-state index is 0.115. The number of hydrogen-bond acceptors (Lipinski definition) is 3. The lowest BCUT2D eigenvalue weighted by Crippen LogP contribution is -2.33. The monoisotopic (exact) mass is 272 g/mol. The molecule has 2 rings (SSSR count). The number of aromatic amines is 1. The van der Waals surface area contributed by atoms with Crippen LogP contribution in [0.1, 0.15) is 25.1 Å². The maximum atomic E-state index is 13.4. The predicted octanol–water partition coefficient (Wildman–Crippen LogP) is 1.16. The van der Waals surface area contributed by atoms with Gasteiger partial charge in [-0.05, 0) is 6.92 Å². The maximum Gasteiger partial charge on any atom is 0.330 e. The van der Waals surface area contributed by atoms with Crippen LogP contribution in [0.2, 0.25) is 0 Å². The van der Waals surface area contributed by atoms with Gasteiger partial charge in [0.1, 0.15) is 25.2 Å². The van der Waals surface area contributed by atoms with Crippen LogP contribution in [-0.4, -0.2) is 28.5 Å². The summed E-state index contributed by atoms with van der Waals surface area (Å²) in [5, 5.41) is 0. The van der Waals surface area contributed by atoms with Gasteiger partial charge in [0.05, 0.1) is 5.56 Å². The molecule has 1 aromatic heterocycles. The van der Waals surface area contributed by atoms with E-state index in [9.17, 15) is 18.4 Å². The van der Waals surface area contributed by atoms with Crippen molar-refractivity contribution in [3.63, 3.8) is 0 Å². The molecule has 0 aromatic carbocycles. The normalized spacial score (nSPS) is 27.2. The molecule has 104 valence electrons. The van der Waals surface area contributed by atoms with Crippen molar-refractivity contribution < 1.29 is 13.5 Å². The molecule has 0 radical (unpaired) electrons. The Kier molecular flexibility index (Phi) is 3.94. The molecule has 19 heavy (non-hydrogen) atoms. The summed E-state index contributed by atoms with van der Waals surface area (Å²) in [5.74, 6) is 0. The van der Waals surface area contributed by atoms with E-state index < -0.39 is 36.4 Å². The molecular weight excluding hydrogens is 258 g/mol. The van der Waals surface area contributed by atoms with Crippen molar-refractivity contribution in [3.05, 3.63) is 38.7 Å². The number of rotatable bonds is 3. The van der Waals surface area contributed by atoms with Gasteiger partial charge < -0.3 is 4.74 Å². The Balaban J connectivity index is 2.38. The van der Waals surface area contributed by atoms with E-state index in [-0.39, 0.29) is 12.0 Å². The first-order valence-corrected chi connectivity index (χ1v) is 5.90. The van der Waals surface area contributed by atoms with Gasteiger partial charge in [0, 0.05) is 12.6 Å². The van der Waals surface area contributed by atoms with E-state index in [0.29, 0.717) is 0 Å². The first-order chi connectivity index (χ1) is 9.06. The van der Waals surface area contributed by atoms with E-state index in [0.717, 1.165) is 4.57 Å². The predicted molar refractivity (Wildman–Crippen MR) is 65.4 cm³/mol. The van der Waals surface area contributed by atoms with Crippen LogP contribution < -0.4 is 11.2 Å². The molecule has 0 saturated carbocycles. The minimum atomic E-state index is -1.46. The van der Waals surface area contributed by atoms with Crippen molar-refractivity contribution in [3.8, 4) is 0 Å². The Morgan fingerprint density at radius 2 is 2.32 bits per heavy atom. The van der Waals surface area contributed by atoms with E-state index in [1.54, 1.807) is 13.0 Å². The molecule has 3 unspecified atom stereocenters. The van der Waals surface area contributed by atoms with Crippen LogP contribution in [0.25, 0.3) is 6.08 Å². The number of alkyl halides is 2.